The van der Waals surface area contributed by atoms with Crippen molar-refractivity contribution in [3.8, 4) is 0 Å². The van der Waals surface area contributed by atoms with Crippen molar-refractivity contribution >= 4 is 46.7 Å². The van der Waals surface area contributed by atoms with E-state index in [0.717, 1.165) is 46.9 Å². The van der Waals surface area contributed by atoms with Crippen LogP contribution in [0, 0.1) is 5.82 Å². The highest BCUT2D eigenvalue weighted by Gasteiger charge is 2.06. The summed E-state index contributed by atoms with van der Waals surface area (Å²) in [6, 6.07) is 10.8. The van der Waals surface area contributed by atoms with E-state index in [1.165, 1.54) is 12.1 Å². The summed E-state index contributed by atoms with van der Waals surface area (Å²) in [5.74, 6) is 1.41. The van der Waals surface area contributed by atoms with Crippen LogP contribution in [0.2, 0.25) is 0 Å². The average Bonchev–Trinajstić information content (AvgIpc) is 3.06. The lowest BCUT2D eigenvalue weighted by Gasteiger charge is -2.14. The van der Waals surface area contributed by atoms with Gasteiger partial charge in [-0.2, -0.15) is 0 Å². The largest absolute Gasteiger partial charge is 0.363 e. The minimum Gasteiger partial charge on any atom is -0.363 e. The topological polar surface area (TPSA) is 68.3 Å². The molecule has 0 unspecified atom stereocenters. The summed E-state index contributed by atoms with van der Waals surface area (Å²) in [5.41, 5.74) is 2.91. The van der Waals surface area contributed by atoms with E-state index < -0.39 is 0 Å². The van der Waals surface area contributed by atoms with Crippen LogP contribution in [0.25, 0.3) is 10.9 Å². The van der Waals surface area contributed by atoms with Crippen molar-refractivity contribution in [2.75, 3.05) is 32.6 Å². The highest BCUT2D eigenvalue weighted by Crippen LogP contribution is 2.19. The normalized spacial score (nSPS) is 11.2. The van der Waals surface area contributed by atoms with Crippen LogP contribution in [0.15, 0.2) is 47.6 Å². The van der Waals surface area contributed by atoms with Crippen molar-refractivity contribution < 1.29 is 4.39 Å². The number of aliphatic imine (C=N–C) groups is 1. The van der Waals surface area contributed by atoms with Crippen LogP contribution in [-0.2, 0) is 13.0 Å². The maximum atomic E-state index is 13.3. The van der Waals surface area contributed by atoms with Gasteiger partial charge in [0.2, 0.25) is 0 Å². The first-order valence-corrected chi connectivity index (χ1v) is 8.90. The lowest BCUT2D eigenvalue weighted by molar-refractivity contribution is 0.629. The van der Waals surface area contributed by atoms with Gasteiger partial charge in [0.25, 0.3) is 0 Å². The van der Waals surface area contributed by atoms with Gasteiger partial charge in [-0.25, -0.2) is 9.37 Å². The number of hydrogen-bond donors (Lipinski definition) is 3. The summed E-state index contributed by atoms with van der Waals surface area (Å²) in [5, 5.41) is 7.63. The van der Waals surface area contributed by atoms with Crippen LogP contribution in [0.3, 0.4) is 0 Å². The van der Waals surface area contributed by atoms with Crippen LogP contribution in [0.4, 0.5) is 10.2 Å². The second kappa shape index (κ2) is 10.3. The van der Waals surface area contributed by atoms with E-state index in [4.69, 9.17) is 0 Å². The molecule has 6 nitrogen and oxygen atoms in total. The van der Waals surface area contributed by atoms with E-state index in [0.29, 0.717) is 6.54 Å². The predicted molar refractivity (Wildman–Crippen MR) is 124 cm³/mol. The van der Waals surface area contributed by atoms with Gasteiger partial charge in [0.05, 0.1) is 12.2 Å². The summed E-state index contributed by atoms with van der Waals surface area (Å²) >= 11 is 0. The highest BCUT2D eigenvalue weighted by atomic mass is 127. The second-order valence-electron chi connectivity index (χ2n) is 6.49. The maximum absolute atomic E-state index is 13.3. The zero-order valence-corrected chi connectivity index (χ0v) is 18.6. The number of rotatable bonds is 6. The van der Waals surface area contributed by atoms with Gasteiger partial charge in [0.15, 0.2) is 5.96 Å². The van der Waals surface area contributed by atoms with E-state index >= 15 is 0 Å². The van der Waals surface area contributed by atoms with Crippen molar-refractivity contribution in [1.82, 2.24) is 20.6 Å². The van der Waals surface area contributed by atoms with Gasteiger partial charge in [-0.3, -0.25) is 4.99 Å². The summed E-state index contributed by atoms with van der Waals surface area (Å²) in [6.45, 7) is 1.31. The number of pyridine rings is 1. The Morgan fingerprint density at radius 2 is 2.04 bits per heavy atom. The number of hydrogen-bond acceptors (Lipinski definition) is 3. The lowest BCUT2D eigenvalue weighted by Crippen LogP contribution is -2.38. The van der Waals surface area contributed by atoms with Gasteiger partial charge in [0, 0.05) is 44.8 Å². The Hall–Kier alpha value is -2.36. The van der Waals surface area contributed by atoms with Crippen LogP contribution in [0.5, 0.6) is 0 Å². The third-order valence-electron chi connectivity index (χ3n) is 4.33. The summed E-state index contributed by atoms with van der Waals surface area (Å²) in [7, 11) is 5.69. The molecular weight excluding hydrogens is 470 g/mol. The van der Waals surface area contributed by atoms with Gasteiger partial charge in [-0.1, -0.05) is 6.07 Å². The van der Waals surface area contributed by atoms with Gasteiger partial charge in [0.1, 0.15) is 11.6 Å². The fourth-order valence-electron chi connectivity index (χ4n) is 2.89. The van der Waals surface area contributed by atoms with Crippen molar-refractivity contribution in [1.29, 1.82) is 0 Å². The van der Waals surface area contributed by atoms with Crippen molar-refractivity contribution in [2.45, 2.75) is 13.0 Å². The molecule has 0 aliphatic heterocycles. The minimum absolute atomic E-state index is 0. The third kappa shape index (κ3) is 5.57. The summed E-state index contributed by atoms with van der Waals surface area (Å²) < 4.78 is 13.3. The van der Waals surface area contributed by atoms with Crippen molar-refractivity contribution in [2.24, 2.45) is 4.99 Å². The molecule has 28 heavy (non-hydrogen) atoms. The molecule has 150 valence electrons. The number of H-pyrrole nitrogens is 1. The standard InChI is InChI=1S/C20H25FN6.HI/c1-22-20(25-13-16-5-4-6-19(26-16)27(2)3)23-10-9-14-12-24-18-11-15(21)7-8-17(14)18;/h4-8,11-12,24H,9-10,13H2,1-3H3,(H2,22,23,25);1H. The van der Waals surface area contributed by atoms with E-state index in [1.807, 2.05) is 49.5 Å². The fourth-order valence-corrected chi connectivity index (χ4v) is 2.89. The van der Waals surface area contributed by atoms with Crippen LogP contribution in [-0.4, -0.2) is 43.6 Å². The molecule has 0 radical (unpaired) electrons. The molecule has 0 aliphatic carbocycles. The first kappa shape index (κ1) is 21.9. The Morgan fingerprint density at radius 3 is 2.79 bits per heavy atom. The third-order valence-corrected chi connectivity index (χ3v) is 4.33. The molecule has 0 spiro atoms. The average molecular weight is 496 g/mol. The molecule has 0 fully saturated rings. The molecule has 0 bridgehead atoms. The smallest absolute Gasteiger partial charge is 0.191 e. The molecule has 1 aromatic carbocycles. The van der Waals surface area contributed by atoms with Crippen molar-refractivity contribution in [3.05, 3.63) is 59.7 Å². The fraction of sp³-hybridized carbons (Fsp3) is 0.300. The van der Waals surface area contributed by atoms with E-state index in [9.17, 15) is 4.39 Å². The van der Waals surface area contributed by atoms with Gasteiger partial charge in [-0.05, 0) is 42.3 Å². The number of guanidine groups is 1. The maximum Gasteiger partial charge on any atom is 0.191 e. The Balaban J connectivity index is 0.00000280. The Kier molecular flexibility index (Phi) is 8.04. The van der Waals surface area contributed by atoms with Crippen LogP contribution < -0.4 is 15.5 Å². The van der Waals surface area contributed by atoms with Gasteiger partial charge >= 0.3 is 0 Å². The van der Waals surface area contributed by atoms with Crippen LogP contribution in [0.1, 0.15) is 11.3 Å². The molecule has 0 atom stereocenters. The Bertz CT molecular complexity index is 937. The molecule has 2 heterocycles. The first-order chi connectivity index (χ1) is 13.1. The number of aromatic amines is 1. The van der Waals surface area contributed by atoms with E-state index in [2.05, 4.69) is 25.6 Å². The molecule has 8 heteroatoms. The monoisotopic (exact) mass is 496 g/mol. The number of anilines is 1. The Labute approximate surface area is 181 Å². The number of aromatic nitrogens is 2. The number of benzene rings is 1. The molecule has 2 aromatic heterocycles. The first-order valence-electron chi connectivity index (χ1n) is 8.90. The quantitative estimate of drug-likeness (QED) is 0.279. The summed E-state index contributed by atoms with van der Waals surface area (Å²) in [4.78, 5) is 13.9. The number of nitrogens with zero attached hydrogens (tertiary/aromatic N) is 3. The minimum atomic E-state index is -0.231. The zero-order valence-electron chi connectivity index (χ0n) is 16.3. The lowest BCUT2D eigenvalue weighted by atomic mass is 10.1. The molecule has 0 saturated carbocycles. The Morgan fingerprint density at radius 1 is 1.21 bits per heavy atom. The molecule has 0 saturated heterocycles. The molecular formula is C20H26FIN6. The van der Waals surface area contributed by atoms with E-state index in [-0.39, 0.29) is 29.8 Å². The zero-order chi connectivity index (χ0) is 19.2. The summed E-state index contributed by atoms with van der Waals surface area (Å²) in [6.07, 6.45) is 2.74. The van der Waals surface area contributed by atoms with Crippen LogP contribution >= 0.6 is 24.0 Å². The number of halogens is 2. The van der Waals surface area contributed by atoms with Gasteiger partial charge in [-0.15, -0.1) is 24.0 Å². The molecule has 3 N–H and O–H groups in total. The van der Waals surface area contributed by atoms with Crippen molar-refractivity contribution in [3.63, 3.8) is 0 Å². The highest BCUT2D eigenvalue weighted by molar-refractivity contribution is 14.0. The van der Waals surface area contributed by atoms with E-state index in [1.54, 1.807) is 7.05 Å². The second-order valence-corrected chi connectivity index (χ2v) is 6.49. The predicted octanol–water partition coefficient (Wildman–Crippen LogP) is 3.29. The number of nitrogens with one attached hydrogen (secondary N) is 3. The molecule has 3 aromatic rings. The SMILES string of the molecule is CN=C(NCCc1c[nH]c2cc(F)ccc12)NCc1cccc(N(C)C)n1.I. The molecule has 0 amide bonds. The van der Waals surface area contributed by atoms with Gasteiger partial charge < -0.3 is 20.5 Å². The molecule has 0 aliphatic rings. The number of fused-ring (bicyclic) bond motifs is 1. The molecule has 3 rings (SSSR count).